The number of carbonyl (C=O) groups excluding carboxylic acids is 1. The molecule has 0 aromatic heterocycles. The number of hydrogen-bond donors (Lipinski definition) is 0. The Morgan fingerprint density at radius 3 is 2.19 bits per heavy atom. The number of allylic oxidation sites excluding steroid dienone is 1. The smallest absolute Gasteiger partial charge is 0.416 e. The van der Waals surface area contributed by atoms with Crippen LogP contribution in [0.2, 0.25) is 0 Å². The Labute approximate surface area is 159 Å². The molecular weight excluding hydrogens is 342 g/mol. The predicted octanol–water partition coefficient (Wildman–Crippen LogP) is 4.61. The Morgan fingerprint density at radius 2 is 1.67 bits per heavy atom. The first kappa shape index (κ1) is 17.6. The Balaban J connectivity index is 1.80. The maximum atomic E-state index is 13.0. The number of benzene rings is 2. The molecule has 5 nitrogen and oxygen atoms in total. The van der Waals surface area contributed by atoms with Crippen molar-refractivity contribution in [2.75, 3.05) is 7.11 Å². The summed E-state index contributed by atoms with van der Waals surface area (Å²) in [6.45, 7) is 2.00. The van der Waals surface area contributed by atoms with Crippen molar-refractivity contribution in [2.45, 2.75) is 37.8 Å². The number of amides is 1. The topological polar surface area (TPSA) is 48.0 Å². The summed E-state index contributed by atoms with van der Waals surface area (Å²) in [6, 6.07) is 19.3. The van der Waals surface area contributed by atoms with E-state index in [9.17, 15) is 4.79 Å². The molecule has 0 aliphatic carbocycles. The molecule has 0 bridgehead atoms. The standard InChI is InChI=1S/C22H23NO4/c1-3-18-14-15-19-22(25-2,26-18)27-21(24)23(19)20(16-10-6-4-7-11-16)17-12-8-5-9-13-17/h4-14,19-20H,3,15H2,1-2H3. The van der Waals surface area contributed by atoms with Gasteiger partial charge in [-0.25, -0.2) is 4.79 Å². The molecule has 2 aliphatic heterocycles. The first-order valence-electron chi connectivity index (χ1n) is 9.23. The van der Waals surface area contributed by atoms with Gasteiger partial charge in [0.1, 0.15) is 6.04 Å². The molecule has 0 radical (unpaired) electrons. The molecule has 2 heterocycles. The van der Waals surface area contributed by atoms with Gasteiger partial charge in [-0.3, -0.25) is 4.90 Å². The summed E-state index contributed by atoms with van der Waals surface area (Å²) in [5.41, 5.74) is 2.02. The largest absolute Gasteiger partial charge is 0.433 e. The first-order chi connectivity index (χ1) is 13.2. The van der Waals surface area contributed by atoms with Gasteiger partial charge < -0.3 is 14.2 Å². The monoisotopic (exact) mass is 365 g/mol. The summed E-state index contributed by atoms with van der Waals surface area (Å²) in [5.74, 6) is -0.627. The van der Waals surface area contributed by atoms with Crippen molar-refractivity contribution in [3.63, 3.8) is 0 Å². The maximum Gasteiger partial charge on any atom is 0.416 e. The summed E-state index contributed by atoms with van der Waals surface area (Å²) in [4.78, 5) is 14.8. The lowest BCUT2D eigenvalue weighted by Crippen LogP contribution is -2.51. The molecule has 4 rings (SSSR count). The highest BCUT2D eigenvalue weighted by atomic mass is 16.9. The van der Waals surface area contributed by atoms with Gasteiger partial charge in [-0.1, -0.05) is 67.6 Å². The van der Waals surface area contributed by atoms with Crippen LogP contribution in [0, 0.1) is 0 Å². The Morgan fingerprint density at radius 1 is 1.07 bits per heavy atom. The van der Waals surface area contributed by atoms with Crippen molar-refractivity contribution in [3.05, 3.63) is 83.6 Å². The number of methoxy groups -OCH3 is 1. The van der Waals surface area contributed by atoms with E-state index in [1.165, 1.54) is 7.11 Å². The second-order valence-corrected chi connectivity index (χ2v) is 6.68. The van der Waals surface area contributed by atoms with Crippen LogP contribution >= 0.6 is 0 Å². The van der Waals surface area contributed by atoms with Crippen LogP contribution in [0.25, 0.3) is 0 Å². The van der Waals surface area contributed by atoms with Gasteiger partial charge in [0.15, 0.2) is 0 Å². The molecular formula is C22H23NO4. The number of ether oxygens (including phenoxy) is 3. The van der Waals surface area contributed by atoms with E-state index in [2.05, 4.69) is 0 Å². The first-order valence-corrected chi connectivity index (χ1v) is 9.23. The van der Waals surface area contributed by atoms with E-state index in [0.29, 0.717) is 6.42 Å². The van der Waals surface area contributed by atoms with Crippen LogP contribution in [0.3, 0.4) is 0 Å². The fourth-order valence-corrected chi connectivity index (χ4v) is 3.86. The third-order valence-electron chi connectivity index (χ3n) is 5.17. The fraction of sp³-hybridized carbons (Fsp3) is 0.318. The van der Waals surface area contributed by atoms with Gasteiger partial charge in [0.2, 0.25) is 0 Å². The molecule has 2 aromatic carbocycles. The quantitative estimate of drug-likeness (QED) is 0.776. The van der Waals surface area contributed by atoms with Gasteiger partial charge in [-0.05, 0) is 23.6 Å². The molecule has 0 spiro atoms. The van der Waals surface area contributed by atoms with Gasteiger partial charge in [0, 0.05) is 13.5 Å². The van der Waals surface area contributed by atoms with Crippen molar-refractivity contribution in [1.29, 1.82) is 0 Å². The van der Waals surface area contributed by atoms with Crippen LogP contribution in [-0.4, -0.2) is 30.1 Å². The van der Waals surface area contributed by atoms with Gasteiger partial charge in [-0.15, -0.1) is 0 Å². The molecule has 2 atom stereocenters. The van der Waals surface area contributed by atoms with Gasteiger partial charge in [-0.2, -0.15) is 0 Å². The lowest BCUT2D eigenvalue weighted by Gasteiger charge is -2.38. The van der Waals surface area contributed by atoms with E-state index in [4.69, 9.17) is 14.2 Å². The lowest BCUT2D eigenvalue weighted by molar-refractivity contribution is -0.332. The molecule has 2 aromatic rings. The van der Waals surface area contributed by atoms with Crippen molar-refractivity contribution in [3.8, 4) is 0 Å². The van der Waals surface area contributed by atoms with Crippen LogP contribution in [0.1, 0.15) is 36.9 Å². The van der Waals surface area contributed by atoms with E-state index in [-0.39, 0.29) is 12.1 Å². The van der Waals surface area contributed by atoms with Crippen LogP contribution in [0.15, 0.2) is 72.5 Å². The van der Waals surface area contributed by atoms with E-state index in [0.717, 1.165) is 23.3 Å². The van der Waals surface area contributed by atoms with Crippen LogP contribution < -0.4 is 0 Å². The zero-order valence-corrected chi connectivity index (χ0v) is 15.5. The lowest BCUT2D eigenvalue weighted by atomic mass is 9.94. The average molecular weight is 365 g/mol. The van der Waals surface area contributed by atoms with Crippen LogP contribution in [-0.2, 0) is 14.2 Å². The van der Waals surface area contributed by atoms with Crippen molar-refractivity contribution < 1.29 is 19.0 Å². The minimum absolute atomic E-state index is 0.290. The van der Waals surface area contributed by atoms with Crippen LogP contribution in [0.5, 0.6) is 0 Å². The maximum absolute atomic E-state index is 13.0. The molecule has 1 amide bonds. The zero-order valence-electron chi connectivity index (χ0n) is 15.5. The molecule has 0 N–H and O–H groups in total. The van der Waals surface area contributed by atoms with Crippen molar-refractivity contribution in [2.24, 2.45) is 0 Å². The molecule has 2 aliphatic rings. The number of carbonyl (C=O) groups is 1. The number of nitrogens with zero attached hydrogens (tertiary/aromatic N) is 1. The summed E-state index contributed by atoms with van der Waals surface area (Å²) in [6.07, 6.45) is 2.91. The third kappa shape index (κ3) is 2.98. The third-order valence-corrected chi connectivity index (χ3v) is 5.17. The van der Waals surface area contributed by atoms with Crippen molar-refractivity contribution in [1.82, 2.24) is 4.90 Å². The summed E-state index contributed by atoms with van der Waals surface area (Å²) in [5, 5.41) is 0. The minimum Gasteiger partial charge on any atom is -0.433 e. The molecule has 1 saturated heterocycles. The Bertz CT molecular complexity index is 796. The van der Waals surface area contributed by atoms with E-state index in [1.54, 1.807) is 4.90 Å². The molecule has 2 unspecified atom stereocenters. The summed E-state index contributed by atoms with van der Waals surface area (Å²) < 4.78 is 17.3. The Hall–Kier alpha value is -2.79. The Kier molecular flexibility index (Phi) is 4.62. The van der Waals surface area contributed by atoms with E-state index < -0.39 is 12.1 Å². The predicted molar refractivity (Wildman–Crippen MR) is 101 cm³/mol. The summed E-state index contributed by atoms with van der Waals surface area (Å²) >= 11 is 0. The van der Waals surface area contributed by atoms with Gasteiger partial charge >= 0.3 is 12.1 Å². The highest BCUT2D eigenvalue weighted by Gasteiger charge is 2.60. The molecule has 140 valence electrons. The zero-order chi connectivity index (χ0) is 18.9. The average Bonchev–Trinajstić information content (AvgIpc) is 3.01. The van der Waals surface area contributed by atoms with Crippen LogP contribution in [0.4, 0.5) is 4.79 Å². The van der Waals surface area contributed by atoms with Gasteiger partial charge in [0.25, 0.3) is 0 Å². The normalized spacial score (nSPS) is 24.3. The fourth-order valence-electron chi connectivity index (χ4n) is 3.86. The molecule has 27 heavy (non-hydrogen) atoms. The van der Waals surface area contributed by atoms with E-state index in [1.807, 2.05) is 73.7 Å². The molecule has 1 fully saturated rings. The second-order valence-electron chi connectivity index (χ2n) is 6.68. The minimum atomic E-state index is -1.40. The highest BCUT2D eigenvalue weighted by Crippen LogP contribution is 2.45. The SMILES string of the molecule is CCC1=CCC2N(C(c3ccccc3)c3ccccc3)C(=O)OC2(OC)O1. The van der Waals surface area contributed by atoms with E-state index >= 15 is 0 Å². The number of hydrogen-bond acceptors (Lipinski definition) is 4. The second kappa shape index (κ2) is 7.08. The van der Waals surface area contributed by atoms with Gasteiger partial charge in [0.05, 0.1) is 11.8 Å². The number of fused-ring (bicyclic) bond motifs is 1. The molecule has 0 saturated carbocycles. The highest BCUT2D eigenvalue weighted by molar-refractivity contribution is 5.73. The summed E-state index contributed by atoms with van der Waals surface area (Å²) in [7, 11) is 1.52. The number of rotatable bonds is 5. The van der Waals surface area contributed by atoms with Crippen molar-refractivity contribution >= 4 is 6.09 Å². The molecule has 5 heteroatoms.